The van der Waals surface area contributed by atoms with E-state index in [9.17, 15) is 13.2 Å². The van der Waals surface area contributed by atoms with Crippen molar-refractivity contribution < 1.29 is 17.9 Å². The standard InChI is InChI=1S/C17H23F3N2O/c1-5-9-22(6-2)16(17(18,19)20)14-12-7-8-21-15(12)11(3)10-13(14)23-4/h7-8,10,16,21H,5-6,9H2,1-4H3. The molecular formula is C17H23F3N2O. The Hall–Kier alpha value is -1.69. The minimum Gasteiger partial charge on any atom is -0.496 e. The average molecular weight is 328 g/mol. The van der Waals surface area contributed by atoms with Gasteiger partial charge < -0.3 is 9.72 Å². The highest BCUT2D eigenvalue weighted by molar-refractivity contribution is 5.88. The lowest BCUT2D eigenvalue weighted by atomic mass is 9.96. The van der Waals surface area contributed by atoms with Crippen molar-refractivity contribution in [1.82, 2.24) is 9.88 Å². The third-order valence-electron chi connectivity index (χ3n) is 4.13. The number of nitrogens with zero attached hydrogens (tertiary/aromatic N) is 1. The maximum absolute atomic E-state index is 13.9. The first kappa shape index (κ1) is 17.7. The summed E-state index contributed by atoms with van der Waals surface area (Å²) in [6, 6.07) is 1.69. The van der Waals surface area contributed by atoms with Gasteiger partial charge in [-0.1, -0.05) is 13.8 Å². The zero-order chi connectivity index (χ0) is 17.2. The lowest BCUT2D eigenvalue weighted by molar-refractivity contribution is -0.186. The Morgan fingerprint density at radius 3 is 2.52 bits per heavy atom. The molecule has 0 radical (unpaired) electrons. The highest BCUT2D eigenvalue weighted by Crippen LogP contribution is 2.45. The highest BCUT2D eigenvalue weighted by Gasteiger charge is 2.46. The molecule has 1 aromatic heterocycles. The van der Waals surface area contributed by atoms with Gasteiger partial charge in [0.05, 0.1) is 7.11 Å². The van der Waals surface area contributed by atoms with E-state index in [0.717, 1.165) is 11.1 Å². The van der Waals surface area contributed by atoms with E-state index in [1.54, 1.807) is 25.3 Å². The number of aromatic nitrogens is 1. The van der Waals surface area contributed by atoms with Crippen LogP contribution in [0.2, 0.25) is 0 Å². The first-order chi connectivity index (χ1) is 10.8. The van der Waals surface area contributed by atoms with Crippen molar-refractivity contribution >= 4 is 10.9 Å². The minimum absolute atomic E-state index is 0.192. The van der Waals surface area contributed by atoms with Crippen LogP contribution in [0.5, 0.6) is 5.75 Å². The van der Waals surface area contributed by atoms with Crippen LogP contribution in [0, 0.1) is 6.92 Å². The molecule has 0 fully saturated rings. The molecule has 23 heavy (non-hydrogen) atoms. The second kappa shape index (κ2) is 6.83. The number of rotatable bonds is 6. The Morgan fingerprint density at radius 2 is 2.00 bits per heavy atom. The first-order valence-corrected chi connectivity index (χ1v) is 7.80. The Bertz CT molecular complexity index is 664. The summed E-state index contributed by atoms with van der Waals surface area (Å²) in [5.74, 6) is 0.284. The summed E-state index contributed by atoms with van der Waals surface area (Å²) < 4.78 is 47.0. The number of aromatic amines is 1. The zero-order valence-electron chi connectivity index (χ0n) is 13.9. The van der Waals surface area contributed by atoms with Crippen LogP contribution in [0.3, 0.4) is 0 Å². The molecule has 1 unspecified atom stereocenters. The number of halogens is 3. The molecule has 0 aliphatic carbocycles. The lowest BCUT2D eigenvalue weighted by Gasteiger charge is -2.33. The Balaban J connectivity index is 2.74. The summed E-state index contributed by atoms with van der Waals surface area (Å²) in [5.41, 5.74) is 1.78. The number of benzene rings is 1. The van der Waals surface area contributed by atoms with Crippen molar-refractivity contribution in [3.8, 4) is 5.75 Å². The predicted molar refractivity (Wildman–Crippen MR) is 85.9 cm³/mol. The van der Waals surface area contributed by atoms with E-state index < -0.39 is 12.2 Å². The molecular weight excluding hydrogens is 305 g/mol. The van der Waals surface area contributed by atoms with Gasteiger partial charge >= 0.3 is 6.18 Å². The van der Waals surface area contributed by atoms with Crippen LogP contribution in [0.1, 0.15) is 37.4 Å². The van der Waals surface area contributed by atoms with Gasteiger partial charge in [-0.15, -0.1) is 0 Å². The number of methoxy groups -OCH3 is 1. The number of nitrogens with one attached hydrogen (secondary N) is 1. The van der Waals surface area contributed by atoms with Crippen molar-refractivity contribution in [2.75, 3.05) is 20.2 Å². The van der Waals surface area contributed by atoms with Crippen LogP contribution in [-0.2, 0) is 0 Å². The van der Waals surface area contributed by atoms with Crippen LogP contribution in [-0.4, -0.2) is 36.3 Å². The summed E-state index contributed by atoms with van der Waals surface area (Å²) in [4.78, 5) is 4.49. The number of alkyl halides is 3. The Morgan fingerprint density at radius 1 is 1.30 bits per heavy atom. The summed E-state index contributed by atoms with van der Waals surface area (Å²) in [7, 11) is 1.42. The molecule has 0 bridgehead atoms. The summed E-state index contributed by atoms with van der Waals surface area (Å²) >= 11 is 0. The largest absolute Gasteiger partial charge is 0.496 e. The molecule has 1 aromatic carbocycles. The van der Waals surface area contributed by atoms with Crippen molar-refractivity contribution in [3.05, 3.63) is 29.5 Å². The van der Waals surface area contributed by atoms with Gasteiger partial charge in [0.2, 0.25) is 0 Å². The zero-order valence-corrected chi connectivity index (χ0v) is 13.9. The van der Waals surface area contributed by atoms with E-state index >= 15 is 0 Å². The Labute approximate surface area is 134 Å². The molecule has 3 nitrogen and oxygen atoms in total. The van der Waals surface area contributed by atoms with Gasteiger partial charge in [-0.05, 0) is 44.1 Å². The van der Waals surface area contributed by atoms with Gasteiger partial charge in [0.25, 0.3) is 0 Å². The van der Waals surface area contributed by atoms with Crippen LogP contribution < -0.4 is 4.74 Å². The number of fused-ring (bicyclic) bond motifs is 1. The van der Waals surface area contributed by atoms with E-state index in [1.807, 2.05) is 13.8 Å². The van der Waals surface area contributed by atoms with Gasteiger partial charge in [0.1, 0.15) is 11.8 Å². The average Bonchev–Trinajstić information content (AvgIpc) is 2.97. The van der Waals surface area contributed by atoms with E-state index in [0.29, 0.717) is 24.9 Å². The molecule has 0 spiro atoms. The monoisotopic (exact) mass is 328 g/mol. The third-order valence-corrected chi connectivity index (χ3v) is 4.13. The van der Waals surface area contributed by atoms with Crippen molar-refractivity contribution in [3.63, 3.8) is 0 Å². The molecule has 0 saturated heterocycles. The fraction of sp³-hybridized carbons (Fsp3) is 0.529. The van der Waals surface area contributed by atoms with Gasteiger partial charge in [-0.25, -0.2) is 0 Å². The number of H-pyrrole nitrogens is 1. The van der Waals surface area contributed by atoms with Crippen molar-refractivity contribution in [2.24, 2.45) is 0 Å². The molecule has 1 atom stereocenters. The molecule has 0 aliphatic rings. The lowest BCUT2D eigenvalue weighted by Crippen LogP contribution is -2.39. The van der Waals surface area contributed by atoms with Crippen LogP contribution >= 0.6 is 0 Å². The quantitative estimate of drug-likeness (QED) is 0.823. The summed E-state index contributed by atoms with van der Waals surface area (Å²) in [6.07, 6.45) is -2.05. The van der Waals surface area contributed by atoms with Crippen LogP contribution in [0.4, 0.5) is 13.2 Å². The molecule has 2 rings (SSSR count). The number of hydrogen-bond acceptors (Lipinski definition) is 2. The first-order valence-electron chi connectivity index (χ1n) is 7.80. The molecule has 2 aromatic rings. The number of hydrogen-bond donors (Lipinski definition) is 1. The van der Waals surface area contributed by atoms with Gasteiger partial charge in [0, 0.05) is 22.7 Å². The summed E-state index contributed by atoms with van der Waals surface area (Å²) in [5, 5.41) is 0.568. The number of aryl methyl sites for hydroxylation is 1. The van der Waals surface area contributed by atoms with E-state index in [-0.39, 0.29) is 11.3 Å². The number of ether oxygens (including phenoxy) is 1. The molecule has 1 heterocycles. The van der Waals surface area contributed by atoms with Gasteiger partial charge in [-0.2, -0.15) is 13.2 Å². The van der Waals surface area contributed by atoms with Gasteiger partial charge in [0.15, 0.2) is 0 Å². The molecule has 0 saturated carbocycles. The SMILES string of the molecule is CCCN(CC)C(c1c(OC)cc(C)c2[nH]ccc12)C(F)(F)F. The second-order valence-electron chi connectivity index (χ2n) is 5.65. The molecule has 6 heteroatoms. The van der Waals surface area contributed by atoms with E-state index in [2.05, 4.69) is 4.98 Å². The summed E-state index contributed by atoms with van der Waals surface area (Å²) in [6.45, 7) is 6.19. The normalized spacial score (nSPS) is 13.7. The maximum atomic E-state index is 13.9. The second-order valence-corrected chi connectivity index (χ2v) is 5.65. The van der Waals surface area contributed by atoms with Crippen molar-refractivity contribution in [2.45, 2.75) is 39.4 Å². The third kappa shape index (κ3) is 3.32. The minimum atomic E-state index is -4.38. The van der Waals surface area contributed by atoms with Crippen LogP contribution in [0.15, 0.2) is 18.3 Å². The molecule has 1 N–H and O–H groups in total. The van der Waals surface area contributed by atoms with Gasteiger partial charge in [-0.3, -0.25) is 4.90 Å². The van der Waals surface area contributed by atoms with Crippen LogP contribution in [0.25, 0.3) is 10.9 Å². The topological polar surface area (TPSA) is 28.3 Å². The van der Waals surface area contributed by atoms with E-state index in [4.69, 9.17) is 4.74 Å². The highest BCUT2D eigenvalue weighted by atomic mass is 19.4. The smallest absolute Gasteiger partial charge is 0.408 e. The molecule has 128 valence electrons. The Kier molecular flexibility index (Phi) is 5.24. The maximum Gasteiger partial charge on any atom is 0.408 e. The molecule has 0 aliphatic heterocycles. The fourth-order valence-electron chi connectivity index (χ4n) is 3.16. The van der Waals surface area contributed by atoms with Crippen molar-refractivity contribution in [1.29, 1.82) is 0 Å². The fourth-order valence-corrected chi connectivity index (χ4v) is 3.16. The predicted octanol–water partition coefficient (Wildman–Crippen LogP) is 4.82. The van der Waals surface area contributed by atoms with E-state index in [1.165, 1.54) is 12.0 Å². The molecule has 0 amide bonds.